The van der Waals surface area contributed by atoms with Gasteiger partial charge in [-0.2, -0.15) is 5.26 Å². The summed E-state index contributed by atoms with van der Waals surface area (Å²) in [5.74, 6) is 1.34. The molecule has 1 aliphatic rings. The summed E-state index contributed by atoms with van der Waals surface area (Å²) >= 11 is 0. The Labute approximate surface area is 171 Å². The third-order valence-electron chi connectivity index (χ3n) is 4.94. The van der Waals surface area contributed by atoms with Crippen LogP contribution in [-0.2, 0) is 10.2 Å². The van der Waals surface area contributed by atoms with Gasteiger partial charge < -0.3 is 15.0 Å². The van der Waals surface area contributed by atoms with E-state index in [0.717, 1.165) is 12.0 Å². The molecule has 2 aromatic heterocycles. The Hall–Kier alpha value is -3.14. The zero-order valence-electron chi connectivity index (χ0n) is 17.2. The van der Waals surface area contributed by atoms with Gasteiger partial charge in [0, 0.05) is 25.5 Å². The number of pyridine rings is 2. The first-order valence-corrected chi connectivity index (χ1v) is 9.85. The van der Waals surface area contributed by atoms with E-state index in [1.807, 2.05) is 51.1 Å². The standard InChI is InChI=1S/C22H27N5O2/c1-21(2,3)29-20(28)27-13-6-9-22(16-23,10-14-27)17-8-12-25-19(15-17)26-18-7-4-5-11-24-18/h4-5,7-8,11-12,15H,6,9-10,13-14H2,1-3H3,(H,24,25,26). The highest BCUT2D eigenvalue weighted by Crippen LogP contribution is 2.36. The van der Waals surface area contributed by atoms with Crippen molar-refractivity contribution in [3.05, 3.63) is 48.3 Å². The third-order valence-corrected chi connectivity index (χ3v) is 4.94. The zero-order valence-corrected chi connectivity index (χ0v) is 17.2. The second-order valence-corrected chi connectivity index (χ2v) is 8.28. The summed E-state index contributed by atoms with van der Waals surface area (Å²) in [4.78, 5) is 22.8. The lowest BCUT2D eigenvalue weighted by Crippen LogP contribution is -2.38. The van der Waals surface area contributed by atoms with Gasteiger partial charge in [0.2, 0.25) is 0 Å². The minimum absolute atomic E-state index is 0.321. The lowest BCUT2D eigenvalue weighted by atomic mass is 9.76. The second kappa shape index (κ2) is 8.48. The molecule has 0 saturated carbocycles. The SMILES string of the molecule is CC(C)(C)OC(=O)N1CCCC(C#N)(c2ccnc(Nc3ccccn3)c2)CC1. The van der Waals surface area contributed by atoms with E-state index in [0.29, 0.717) is 37.6 Å². The van der Waals surface area contributed by atoms with Crippen molar-refractivity contribution < 1.29 is 9.53 Å². The molecule has 0 aliphatic carbocycles. The summed E-state index contributed by atoms with van der Waals surface area (Å²) < 4.78 is 5.50. The Bertz CT molecular complexity index is 888. The van der Waals surface area contributed by atoms with E-state index in [1.165, 1.54) is 0 Å². The monoisotopic (exact) mass is 393 g/mol. The smallest absolute Gasteiger partial charge is 0.410 e. The molecule has 152 valence electrons. The van der Waals surface area contributed by atoms with Crippen molar-refractivity contribution >= 4 is 17.7 Å². The normalized spacial score (nSPS) is 19.7. The van der Waals surface area contributed by atoms with Crippen LogP contribution in [0.25, 0.3) is 0 Å². The fourth-order valence-electron chi connectivity index (χ4n) is 3.47. The topological polar surface area (TPSA) is 91.1 Å². The highest BCUT2D eigenvalue weighted by molar-refractivity contribution is 5.68. The summed E-state index contributed by atoms with van der Waals surface area (Å²) in [7, 11) is 0. The van der Waals surface area contributed by atoms with E-state index < -0.39 is 11.0 Å². The van der Waals surface area contributed by atoms with Crippen LogP contribution in [0, 0.1) is 11.3 Å². The maximum absolute atomic E-state index is 12.5. The number of carbonyl (C=O) groups is 1. The van der Waals surface area contributed by atoms with Crippen LogP contribution < -0.4 is 5.32 Å². The van der Waals surface area contributed by atoms with Crippen molar-refractivity contribution in [3.8, 4) is 6.07 Å². The van der Waals surface area contributed by atoms with Crippen LogP contribution in [0.5, 0.6) is 0 Å². The molecule has 1 N–H and O–H groups in total. The number of hydrogen-bond donors (Lipinski definition) is 1. The number of carbonyl (C=O) groups excluding carboxylic acids is 1. The highest BCUT2D eigenvalue weighted by atomic mass is 16.6. The molecular weight excluding hydrogens is 366 g/mol. The number of amides is 1. The van der Waals surface area contributed by atoms with Gasteiger partial charge in [-0.05, 0) is 69.9 Å². The van der Waals surface area contributed by atoms with Crippen LogP contribution in [0.2, 0.25) is 0 Å². The van der Waals surface area contributed by atoms with E-state index in [-0.39, 0.29) is 6.09 Å². The first-order chi connectivity index (χ1) is 13.8. The van der Waals surface area contributed by atoms with Crippen molar-refractivity contribution in [3.63, 3.8) is 0 Å². The van der Waals surface area contributed by atoms with E-state index in [2.05, 4.69) is 21.4 Å². The molecule has 1 saturated heterocycles. The van der Waals surface area contributed by atoms with Crippen LogP contribution in [0.4, 0.5) is 16.4 Å². The van der Waals surface area contributed by atoms with Crippen molar-refractivity contribution in [2.75, 3.05) is 18.4 Å². The molecular formula is C22H27N5O2. The van der Waals surface area contributed by atoms with Gasteiger partial charge in [-0.1, -0.05) is 6.07 Å². The van der Waals surface area contributed by atoms with Crippen molar-refractivity contribution in [2.24, 2.45) is 0 Å². The van der Waals surface area contributed by atoms with Crippen LogP contribution in [0.15, 0.2) is 42.7 Å². The minimum Gasteiger partial charge on any atom is -0.444 e. The van der Waals surface area contributed by atoms with E-state index in [1.54, 1.807) is 17.3 Å². The van der Waals surface area contributed by atoms with Gasteiger partial charge in [-0.15, -0.1) is 0 Å². The number of rotatable bonds is 3. The first kappa shape index (κ1) is 20.6. The molecule has 2 aromatic rings. The van der Waals surface area contributed by atoms with Crippen LogP contribution in [-0.4, -0.2) is 39.7 Å². The van der Waals surface area contributed by atoms with Gasteiger partial charge in [0.15, 0.2) is 0 Å². The number of nitriles is 1. The Morgan fingerprint density at radius 1 is 1.17 bits per heavy atom. The zero-order chi connectivity index (χ0) is 20.9. The lowest BCUT2D eigenvalue weighted by Gasteiger charge is -2.28. The van der Waals surface area contributed by atoms with Crippen molar-refractivity contribution in [2.45, 2.75) is 51.0 Å². The van der Waals surface area contributed by atoms with Gasteiger partial charge in [-0.3, -0.25) is 0 Å². The lowest BCUT2D eigenvalue weighted by molar-refractivity contribution is 0.0255. The van der Waals surface area contributed by atoms with Gasteiger partial charge >= 0.3 is 6.09 Å². The number of hydrogen-bond acceptors (Lipinski definition) is 6. The molecule has 29 heavy (non-hydrogen) atoms. The quantitative estimate of drug-likeness (QED) is 0.831. The molecule has 3 heterocycles. The fourth-order valence-corrected chi connectivity index (χ4v) is 3.47. The maximum atomic E-state index is 12.5. The van der Waals surface area contributed by atoms with Crippen LogP contribution >= 0.6 is 0 Å². The minimum atomic E-state index is -0.666. The molecule has 0 aromatic carbocycles. The molecule has 1 amide bonds. The summed E-state index contributed by atoms with van der Waals surface area (Å²) in [6.45, 7) is 6.64. The molecule has 0 radical (unpaired) electrons. The van der Waals surface area contributed by atoms with Crippen LogP contribution in [0.1, 0.15) is 45.6 Å². The number of aromatic nitrogens is 2. The van der Waals surface area contributed by atoms with Gasteiger partial charge in [-0.25, -0.2) is 14.8 Å². The van der Waals surface area contributed by atoms with Gasteiger partial charge in [0.25, 0.3) is 0 Å². The molecule has 1 aliphatic heterocycles. The molecule has 1 fully saturated rings. The Balaban J connectivity index is 1.77. The Kier molecular flexibility index (Phi) is 6.02. The van der Waals surface area contributed by atoms with Crippen molar-refractivity contribution in [1.29, 1.82) is 5.26 Å². The third kappa shape index (κ3) is 5.23. The average Bonchev–Trinajstić information content (AvgIpc) is 2.91. The average molecular weight is 393 g/mol. The summed E-state index contributed by atoms with van der Waals surface area (Å²) in [6, 6.07) is 11.9. The summed E-state index contributed by atoms with van der Waals surface area (Å²) in [5.41, 5.74) is -0.299. The highest BCUT2D eigenvalue weighted by Gasteiger charge is 2.36. The Morgan fingerprint density at radius 2 is 1.97 bits per heavy atom. The predicted octanol–water partition coefficient (Wildman–Crippen LogP) is 4.40. The first-order valence-electron chi connectivity index (χ1n) is 9.85. The number of nitrogens with zero attached hydrogens (tertiary/aromatic N) is 4. The molecule has 7 heteroatoms. The van der Waals surface area contributed by atoms with Crippen LogP contribution in [0.3, 0.4) is 0 Å². The molecule has 0 bridgehead atoms. The van der Waals surface area contributed by atoms with Gasteiger partial charge in [0.1, 0.15) is 17.2 Å². The number of likely N-dealkylation sites (tertiary alicyclic amines) is 1. The van der Waals surface area contributed by atoms with E-state index in [4.69, 9.17) is 4.74 Å². The molecule has 0 spiro atoms. The molecule has 1 unspecified atom stereocenters. The van der Waals surface area contributed by atoms with E-state index in [9.17, 15) is 10.1 Å². The Morgan fingerprint density at radius 3 is 2.66 bits per heavy atom. The fraction of sp³-hybridized carbons (Fsp3) is 0.455. The maximum Gasteiger partial charge on any atom is 0.410 e. The molecule has 7 nitrogen and oxygen atoms in total. The number of ether oxygens (including phenoxy) is 1. The largest absolute Gasteiger partial charge is 0.444 e. The van der Waals surface area contributed by atoms with E-state index >= 15 is 0 Å². The van der Waals surface area contributed by atoms with Gasteiger partial charge in [0.05, 0.1) is 11.5 Å². The second-order valence-electron chi connectivity index (χ2n) is 8.28. The number of nitrogens with one attached hydrogen (secondary N) is 1. The summed E-state index contributed by atoms with van der Waals surface area (Å²) in [5, 5.41) is 13.3. The number of anilines is 2. The molecule has 1 atom stereocenters. The van der Waals surface area contributed by atoms with Crippen molar-refractivity contribution in [1.82, 2.24) is 14.9 Å². The molecule has 3 rings (SSSR count). The predicted molar refractivity (Wildman–Crippen MR) is 111 cm³/mol. The summed E-state index contributed by atoms with van der Waals surface area (Å²) in [6.07, 6.45) is 5.05.